The van der Waals surface area contributed by atoms with Gasteiger partial charge in [-0.2, -0.15) is 5.26 Å². The second kappa shape index (κ2) is 8.35. The Kier molecular flexibility index (Phi) is 5.69. The first kappa shape index (κ1) is 19.8. The van der Waals surface area contributed by atoms with Crippen LogP contribution in [0.1, 0.15) is 28.4 Å². The van der Waals surface area contributed by atoms with Crippen molar-refractivity contribution in [2.75, 3.05) is 11.9 Å². The van der Waals surface area contributed by atoms with Crippen molar-refractivity contribution in [1.82, 2.24) is 4.90 Å². The Morgan fingerprint density at radius 2 is 1.86 bits per heavy atom. The van der Waals surface area contributed by atoms with Gasteiger partial charge >= 0.3 is 5.97 Å². The molecule has 1 aliphatic rings. The van der Waals surface area contributed by atoms with Gasteiger partial charge in [-0.25, -0.2) is 0 Å². The molecule has 8 nitrogen and oxygen atoms in total. The average Bonchev–Trinajstić information content (AvgIpc) is 2.71. The summed E-state index contributed by atoms with van der Waals surface area (Å²) in [5, 5.41) is 11.3. The number of imide groups is 1. The first-order valence-corrected chi connectivity index (χ1v) is 8.82. The van der Waals surface area contributed by atoms with E-state index in [2.05, 4.69) is 5.32 Å². The van der Waals surface area contributed by atoms with E-state index in [1.54, 1.807) is 36.4 Å². The van der Waals surface area contributed by atoms with Crippen molar-refractivity contribution < 1.29 is 23.9 Å². The molecule has 146 valence electrons. The van der Waals surface area contributed by atoms with Gasteiger partial charge < -0.3 is 10.1 Å². The van der Waals surface area contributed by atoms with Crippen molar-refractivity contribution in [2.45, 2.75) is 19.4 Å². The minimum absolute atomic E-state index is 0.0178. The number of hydrogen-bond donors (Lipinski definition) is 1. The van der Waals surface area contributed by atoms with E-state index in [9.17, 15) is 19.2 Å². The molecule has 2 aromatic rings. The summed E-state index contributed by atoms with van der Waals surface area (Å²) in [6, 6.07) is 14.8. The van der Waals surface area contributed by atoms with Crippen molar-refractivity contribution in [1.29, 1.82) is 5.26 Å². The minimum atomic E-state index is -1.14. The van der Waals surface area contributed by atoms with Gasteiger partial charge in [0.15, 0.2) is 6.10 Å². The molecule has 0 saturated heterocycles. The van der Waals surface area contributed by atoms with Crippen LogP contribution in [0.2, 0.25) is 0 Å². The number of amides is 3. The van der Waals surface area contributed by atoms with Crippen molar-refractivity contribution in [3.63, 3.8) is 0 Å². The SMILES string of the molecule is C[C@H](OC(=O)CN1C(=O)Cc2ccccc2C1=O)C(=O)Nc1ccc(C#N)cc1. The minimum Gasteiger partial charge on any atom is -0.451 e. The number of nitriles is 1. The van der Waals surface area contributed by atoms with Gasteiger partial charge in [0.25, 0.3) is 11.8 Å². The number of esters is 1. The fourth-order valence-electron chi connectivity index (χ4n) is 2.85. The molecule has 0 radical (unpaired) electrons. The number of ether oxygens (including phenoxy) is 1. The van der Waals surface area contributed by atoms with Crippen LogP contribution in [0.15, 0.2) is 48.5 Å². The highest BCUT2D eigenvalue weighted by atomic mass is 16.5. The number of nitrogens with zero attached hydrogens (tertiary/aromatic N) is 2. The Hall–Kier alpha value is -3.99. The zero-order valence-electron chi connectivity index (χ0n) is 15.5. The molecule has 2 aromatic carbocycles. The predicted octanol–water partition coefficient (Wildman–Crippen LogP) is 1.65. The van der Waals surface area contributed by atoms with Crippen molar-refractivity contribution in [3.8, 4) is 6.07 Å². The van der Waals surface area contributed by atoms with E-state index < -0.39 is 36.3 Å². The molecule has 0 saturated carbocycles. The summed E-state index contributed by atoms with van der Waals surface area (Å²) in [5.74, 6) is -2.51. The fourth-order valence-corrected chi connectivity index (χ4v) is 2.85. The number of nitrogens with one attached hydrogen (secondary N) is 1. The van der Waals surface area contributed by atoms with Crippen LogP contribution in [-0.4, -0.2) is 41.2 Å². The highest BCUT2D eigenvalue weighted by Gasteiger charge is 2.33. The number of rotatable bonds is 5. The van der Waals surface area contributed by atoms with E-state index in [0.717, 1.165) is 4.90 Å². The van der Waals surface area contributed by atoms with Crippen molar-refractivity contribution in [3.05, 3.63) is 65.2 Å². The molecular weight excluding hydrogens is 374 g/mol. The lowest BCUT2D eigenvalue weighted by atomic mass is 9.98. The summed E-state index contributed by atoms with van der Waals surface area (Å²) in [6.45, 7) is 0.812. The molecular formula is C21H17N3O5. The monoisotopic (exact) mass is 391 g/mol. The van der Waals surface area contributed by atoms with Crippen LogP contribution in [0, 0.1) is 11.3 Å². The smallest absolute Gasteiger partial charge is 0.326 e. The maximum atomic E-state index is 12.5. The Labute approximate surface area is 166 Å². The summed E-state index contributed by atoms with van der Waals surface area (Å²) in [5.41, 5.74) is 1.86. The third-order valence-corrected chi connectivity index (χ3v) is 4.38. The van der Waals surface area contributed by atoms with E-state index in [-0.39, 0.29) is 6.42 Å². The molecule has 0 unspecified atom stereocenters. The molecule has 0 fully saturated rings. The van der Waals surface area contributed by atoms with Crippen LogP contribution in [-0.2, 0) is 25.5 Å². The summed E-state index contributed by atoms with van der Waals surface area (Å²) in [6.07, 6.45) is -1.12. The van der Waals surface area contributed by atoms with Gasteiger partial charge in [-0.15, -0.1) is 0 Å². The summed E-state index contributed by atoms with van der Waals surface area (Å²) in [4.78, 5) is 49.9. The molecule has 29 heavy (non-hydrogen) atoms. The average molecular weight is 391 g/mol. The molecule has 0 spiro atoms. The molecule has 1 N–H and O–H groups in total. The van der Waals surface area contributed by atoms with Crippen LogP contribution >= 0.6 is 0 Å². The van der Waals surface area contributed by atoms with E-state index in [1.807, 2.05) is 6.07 Å². The topological polar surface area (TPSA) is 117 Å². The standard InChI is InChI=1S/C21H17N3O5/c1-13(20(27)23-16-8-6-14(11-22)7-9-16)29-19(26)12-24-18(25)10-15-4-2-3-5-17(15)21(24)28/h2-9,13H,10,12H2,1H3,(H,23,27)/t13-/m0/s1. The van der Waals surface area contributed by atoms with E-state index in [1.165, 1.54) is 19.1 Å². The Balaban J connectivity index is 1.58. The van der Waals surface area contributed by atoms with Crippen LogP contribution in [0.5, 0.6) is 0 Å². The van der Waals surface area contributed by atoms with Gasteiger partial charge in [0, 0.05) is 11.3 Å². The van der Waals surface area contributed by atoms with Crippen LogP contribution in [0.25, 0.3) is 0 Å². The third kappa shape index (κ3) is 4.47. The van der Waals surface area contributed by atoms with Gasteiger partial charge in [-0.05, 0) is 42.8 Å². The lowest BCUT2D eigenvalue weighted by Gasteiger charge is -2.26. The zero-order valence-corrected chi connectivity index (χ0v) is 15.5. The van der Waals surface area contributed by atoms with E-state index >= 15 is 0 Å². The van der Waals surface area contributed by atoms with Gasteiger partial charge in [-0.1, -0.05) is 18.2 Å². The number of carbonyl (C=O) groups is 4. The van der Waals surface area contributed by atoms with E-state index in [4.69, 9.17) is 10.00 Å². The van der Waals surface area contributed by atoms with Crippen molar-refractivity contribution >= 4 is 29.4 Å². The summed E-state index contributed by atoms with van der Waals surface area (Å²) < 4.78 is 5.07. The van der Waals surface area contributed by atoms with Crippen molar-refractivity contribution in [2.24, 2.45) is 0 Å². The van der Waals surface area contributed by atoms with Gasteiger partial charge in [0.1, 0.15) is 6.54 Å². The molecule has 8 heteroatoms. The quantitative estimate of drug-likeness (QED) is 0.612. The molecule has 3 amide bonds. The fraction of sp³-hybridized carbons (Fsp3) is 0.190. The van der Waals surface area contributed by atoms with Crippen LogP contribution < -0.4 is 5.32 Å². The zero-order chi connectivity index (χ0) is 21.0. The second-order valence-corrected chi connectivity index (χ2v) is 6.43. The maximum absolute atomic E-state index is 12.5. The first-order chi connectivity index (χ1) is 13.9. The maximum Gasteiger partial charge on any atom is 0.326 e. The Bertz CT molecular complexity index is 1020. The predicted molar refractivity (Wildman–Crippen MR) is 102 cm³/mol. The summed E-state index contributed by atoms with van der Waals surface area (Å²) in [7, 11) is 0. The Morgan fingerprint density at radius 1 is 1.17 bits per heavy atom. The lowest BCUT2D eigenvalue weighted by Crippen LogP contribution is -2.46. The molecule has 1 aliphatic heterocycles. The molecule has 0 aromatic heterocycles. The molecule has 0 aliphatic carbocycles. The van der Waals surface area contributed by atoms with Crippen LogP contribution in [0.4, 0.5) is 5.69 Å². The highest BCUT2D eigenvalue weighted by Crippen LogP contribution is 2.19. The highest BCUT2D eigenvalue weighted by molar-refractivity contribution is 6.11. The second-order valence-electron chi connectivity index (χ2n) is 6.43. The lowest BCUT2D eigenvalue weighted by molar-refractivity contribution is -0.155. The normalized spacial score (nSPS) is 13.9. The molecule has 3 rings (SSSR count). The number of benzene rings is 2. The third-order valence-electron chi connectivity index (χ3n) is 4.38. The molecule has 1 atom stereocenters. The number of anilines is 1. The van der Waals surface area contributed by atoms with Gasteiger partial charge in [-0.3, -0.25) is 24.1 Å². The molecule has 0 bridgehead atoms. The number of carbonyl (C=O) groups excluding carboxylic acids is 4. The number of hydrogen-bond acceptors (Lipinski definition) is 6. The van der Waals surface area contributed by atoms with E-state index in [0.29, 0.717) is 22.4 Å². The summed E-state index contributed by atoms with van der Waals surface area (Å²) >= 11 is 0. The van der Waals surface area contributed by atoms with Gasteiger partial charge in [0.05, 0.1) is 18.1 Å². The van der Waals surface area contributed by atoms with Gasteiger partial charge in [0.2, 0.25) is 5.91 Å². The Morgan fingerprint density at radius 3 is 2.55 bits per heavy atom. The largest absolute Gasteiger partial charge is 0.451 e. The number of fused-ring (bicyclic) bond motifs is 1. The van der Waals surface area contributed by atoms with Crippen LogP contribution in [0.3, 0.4) is 0 Å². The molecule has 1 heterocycles. The first-order valence-electron chi connectivity index (χ1n) is 8.82.